The fourth-order valence-electron chi connectivity index (χ4n) is 8.61. The topological polar surface area (TPSA) is 114 Å². The zero-order valence-corrected chi connectivity index (χ0v) is 44.6. The minimum Gasteiger partial charge on any atom is -0.744 e. The molecule has 0 aliphatic heterocycles. The van der Waals surface area contributed by atoms with Crippen LogP contribution in [0.4, 0.5) is 0 Å². The van der Waals surface area contributed by atoms with E-state index in [4.69, 9.17) is 0 Å². The molecule has 0 amide bonds. The van der Waals surface area contributed by atoms with Gasteiger partial charge in [0, 0.05) is 10.8 Å². The summed E-state index contributed by atoms with van der Waals surface area (Å²) in [6, 6.07) is 18.7. The SMILES string of the molecule is CCCCCCCCc1cc(CCCCCCCC)c2c(S(=O)(=O)[O-])cccc2c1.CCCCCCCCc1cc(CCCCCCCC)c2c(S(=O)(=O)[O-])cccc2c1.[Ba+2]. The molecular weight excluding hydrogens is 922 g/mol. The molecule has 0 heterocycles. The van der Waals surface area contributed by atoms with Crippen molar-refractivity contribution in [3.63, 3.8) is 0 Å². The number of aryl methyl sites for hydroxylation is 4. The van der Waals surface area contributed by atoms with Crippen LogP contribution in [0.2, 0.25) is 0 Å². The van der Waals surface area contributed by atoms with E-state index < -0.39 is 20.2 Å². The van der Waals surface area contributed by atoms with Crippen LogP contribution in [0.3, 0.4) is 0 Å². The molecule has 336 valence electrons. The molecule has 4 aromatic carbocycles. The van der Waals surface area contributed by atoms with Gasteiger partial charge in [0.25, 0.3) is 0 Å². The molecule has 0 N–H and O–H groups in total. The Balaban J connectivity index is 0.000000413. The van der Waals surface area contributed by atoms with Crippen LogP contribution in [-0.4, -0.2) is 74.8 Å². The quantitative estimate of drug-likeness (QED) is 0.0292. The molecule has 61 heavy (non-hydrogen) atoms. The Morgan fingerprint density at radius 3 is 0.951 bits per heavy atom. The second-order valence-corrected chi connectivity index (χ2v) is 19.9. The molecule has 0 unspecified atom stereocenters. The van der Waals surface area contributed by atoms with Crippen LogP contribution in [0.5, 0.6) is 0 Å². The van der Waals surface area contributed by atoms with Crippen molar-refractivity contribution < 1.29 is 25.9 Å². The molecule has 0 aliphatic carbocycles. The molecule has 0 spiro atoms. The number of hydrogen-bond donors (Lipinski definition) is 0. The van der Waals surface area contributed by atoms with E-state index in [9.17, 15) is 25.9 Å². The molecule has 6 nitrogen and oxygen atoms in total. The molecule has 0 saturated carbocycles. The standard InChI is InChI=1S/2C26H40O3S.Ba/c2*1-3-5-7-9-11-13-16-22-20-23(17-14-12-10-8-6-4-2)26-24(21-22)18-15-19-25(26)30(27,28)29;/h2*15,18-21H,3-14,16-17H2,1-2H3,(H,27,28,29);/q;;+2/p-2. The van der Waals surface area contributed by atoms with Crippen LogP contribution in [-0.2, 0) is 45.9 Å². The van der Waals surface area contributed by atoms with Crippen LogP contribution >= 0.6 is 0 Å². The molecule has 4 rings (SSSR count). The first-order valence-corrected chi connectivity index (χ1v) is 26.8. The Kier molecular flexibility index (Phi) is 29.0. The van der Waals surface area contributed by atoms with Crippen molar-refractivity contribution in [3.8, 4) is 0 Å². The second kappa shape index (κ2) is 31.6. The van der Waals surface area contributed by atoms with Gasteiger partial charge in [-0.2, -0.15) is 0 Å². The first kappa shape index (κ1) is 55.9. The van der Waals surface area contributed by atoms with Gasteiger partial charge in [0.2, 0.25) is 0 Å². The molecule has 0 aliphatic rings. The third kappa shape index (κ3) is 21.1. The van der Waals surface area contributed by atoms with Gasteiger partial charge < -0.3 is 9.11 Å². The molecule has 0 aromatic heterocycles. The average molecular weight is 1000 g/mol. The molecule has 9 heteroatoms. The third-order valence-corrected chi connectivity index (χ3v) is 13.7. The number of hydrogen-bond acceptors (Lipinski definition) is 6. The summed E-state index contributed by atoms with van der Waals surface area (Å²) in [7, 11) is -8.97. The first-order chi connectivity index (χ1) is 28.9. The average Bonchev–Trinajstić information content (AvgIpc) is 3.22. The van der Waals surface area contributed by atoms with E-state index in [0.29, 0.717) is 10.8 Å². The van der Waals surface area contributed by atoms with Gasteiger partial charge in [0.1, 0.15) is 20.2 Å². The first-order valence-electron chi connectivity index (χ1n) is 23.9. The Morgan fingerprint density at radius 2 is 0.656 bits per heavy atom. The van der Waals surface area contributed by atoms with Gasteiger partial charge in [-0.3, -0.25) is 0 Å². The van der Waals surface area contributed by atoms with E-state index >= 15 is 0 Å². The van der Waals surface area contributed by atoms with Crippen molar-refractivity contribution in [3.05, 3.63) is 82.9 Å². The summed E-state index contributed by atoms with van der Waals surface area (Å²) >= 11 is 0. The van der Waals surface area contributed by atoms with E-state index in [1.165, 1.54) is 139 Å². The predicted octanol–water partition coefficient (Wildman–Crippen LogP) is 14.7. The van der Waals surface area contributed by atoms with Crippen molar-refractivity contribution in [2.45, 2.75) is 217 Å². The number of rotatable bonds is 30. The smallest absolute Gasteiger partial charge is 0.744 e. The summed E-state index contributed by atoms with van der Waals surface area (Å²) in [6.07, 6.45) is 33.1. The Bertz CT molecular complexity index is 1900. The normalized spacial score (nSPS) is 11.8. The van der Waals surface area contributed by atoms with Gasteiger partial charge >= 0.3 is 48.9 Å². The van der Waals surface area contributed by atoms with Gasteiger partial charge in [-0.05, 0) is 96.5 Å². The van der Waals surface area contributed by atoms with Gasteiger partial charge in [-0.15, -0.1) is 0 Å². The van der Waals surface area contributed by atoms with E-state index in [1.54, 1.807) is 12.1 Å². The van der Waals surface area contributed by atoms with Gasteiger partial charge in [0.05, 0.1) is 9.79 Å². The minimum absolute atomic E-state index is 0. The van der Waals surface area contributed by atoms with E-state index in [1.807, 2.05) is 12.1 Å². The van der Waals surface area contributed by atoms with Crippen molar-refractivity contribution in [1.29, 1.82) is 0 Å². The van der Waals surface area contributed by atoms with Crippen molar-refractivity contribution in [2.24, 2.45) is 0 Å². The second-order valence-electron chi connectivity index (χ2n) is 17.2. The fraction of sp³-hybridized carbons (Fsp3) is 0.615. The summed E-state index contributed by atoms with van der Waals surface area (Å²) in [6.45, 7) is 8.90. The summed E-state index contributed by atoms with van der Waals surface area (Å²) in [5, 5.41) is 3.06. The predicted molar refractivity (Wildman–Crippen MR) is 258 cm³/mol. The van der Waals surface area contributed by atoms with Gasteiger partial charge in [-0.25, -0.2) is 16.8 Å². The minimum atomic E-state index is -4.49. The zero-order chi connectivity index (χ0) is 43.6. The largest absolute Gasteiger partial charge is 2.00 e. The summed E-state index contributed by atoms with van der Waals surface area (Å²) < 4.78 is 71.2. The van der Waals surface area contributed by atoms with Gasteiger partial charge in [-0.1, -0.05) is 205 Å². The molecule has 0 radical (unpaired) electrons. The van der Waals surface area contributed by atoms with E-state index in [0.717, 1.165) is 86.1 Å². The Hall–Kier alpha value is -1.21. The van der Waals surface area contributed by atoms with Crippen LogP contribution in [0.1, 0.15) is 204 Å². The third-order valence-electron chi connectivity index (χ3n) is 11.9. The number of unbranched alkanes of at least 4 members (excludes halogenated alkanes) is 20. The summed E-state index contributed by atoms with van der Waals surface area (Å²) in [5.74, 6) is 0. The van der Waals surface area contributed by atoms with E-state index in [-0.39, 0.29) is 58.7 Å². The van der Waals surface area contributed by atoms with Crippen LogP contribution in [0, 0.1) is 0 Å². The molecule has 0 fully saturated rings. The van der Waals surface area contributed by atoms with E-state index in [2.05, 4.69) is 52.0 Å². The fourth-order valence-corrected chi connectivity index (χ4v) is 10.1. The maximum absolute atomic E-state index is 11.9. The molecule has 0 bridgehead atoms. The van der Waals surface area contributed by atoms with Crippen LogP contribution in [0.15, 0.2) is 70.5 Å². The van der Waals surface area contributed by atoms with Gasteiger partial charge in [0.15, 0.2) is 0 Å². The molecule has 0 saturated heterocycles. The van der Waals surface area contributed by atoms with Crippen molar-refractivity contribution >= 4 is 90.7 Å². The van der Waals surface area contributed by atoms with Crippen molar-refractivity contribution in [1.82, 2.24) is 0 Å². The summed E-state index contributed by atoms with van der Waals surface area (Å²) in [5.41, 5.74) is 4.58. The Morgan fingerprint density at radius 1 is 0.377 bits per heavy atom. The molecular formula is C52H78BaO6S2. The number of benzene rings is 4. The molecule has 0 atom stereocenters. The molecule has 4 aromatic rings. The number of fused-ring (bicyclic) bond motifs is 2. The monoisotopic (exact) mass is 1000 g/mol. The Labute approximate surface area is 412 Å². The van der Waals surface area contributed by atoms with Crippen molar-refractivity contribution in [2.75, 3.05) is 0 Å². The van der Waals surface area contributed by atoms with Crippen LogP contribution in [0.25, 0.3) is 21.5 Å². The summed E-state index contributed by atoms with van der Waals surface area (Å²) in [4.78, 5) is -0.126. The maximum Gasteiger partial charge on any atom is 2.00 e. The van der Waals surface area contributed by atoms with Crippen LogP contribution < -0.4 is 0 Å². The maximum atomic E-state index is 11.9. The zero-order valence-electron chi connectivity index (χ0n) is 38.5.